The lowest BCUT2D eigenvalue weighted by atomic mass is 10.0. The van der Waals surface area contributed by atoms with Crippen molar-refractivity contribution in [1.29, 1.82) is 0 Å². The van der Waals surface area contributed by atoms with Gasteiger partial charge in [-0.05, 0) is 19.3 Å². The van der Waals surface area contributed by atoms with Gasteiger partial charge in [-0.2, -0.15) is 0 Å². The monoisotopic (exact) mass is 216 g/mol. The zero-order valence-electron chi connectivity index (χ0n) is 8.76. The van der Waals surface area contributed by atoms with Gasteiger partial charge in [0.05, 0.1) is 12.4 Å². The predicted octanol–water partition coefficient (Wildman–Crippen LogP) is 1.40. The summed E-state index contributed by atoms with van der Waals surface area (Å²) in [5, 5.41) is 0. The first-order valence-corrected chi connectivity index (χ1v) is 5.43. The quantitative estimate of drug-likeness (QED) is 0.733. The largest absolute Gasteiger partial charge is 0.339 e. The smallest absolute Gasteiger partial charge is 0.279 e. The van der Waals surface area contributed by atoms with Crippen LogP contribution in [0.5, 0.6) is 0 Å². The van der Waals surface area contributed by atoms with Gasteiger partial charge in [-0.1, -0.05) is 12.2 Å². The summed E-state index contributed by atoms with van der Waals surface area (Å²) >= 11 is 0. The highest BCUT2D eigenvalue weighted by atomic mass is 16.1. The molecule has 0 aliphatic heterocycles. The molecule has 0 spiro atoms. The number of rotatable bonds is 1. The highest BCUT2D eigenvalue weighted by molar-refractivity contribution is 5.67. The number of allylic oxidation sites excluding steroid dienone is 2. The first kappa shape index (κ1) is 9.33. The minimum atomic E-state index is -0.0425. The van der Waals surface area contributed by atoms with Gasteiger partial charge in [0.15, 0.2) is 11.2 Å². The molecule has 0 fully saturated rings. The van der Waals surface area contributed by atoms with Gasteiger partial charge in [0.2, 0.25) is 0 Å². The fourth-order valence-electron chi connectivity index (χ4n) is 2.10. The summed E-state index contributed by atoms with van der Waals surface area (Å²) in [7, 11) is 0. The maximum atomic E-state index is 12.1. The second-order valence-electron chi connectivity index (χ2n) is 3.98. The average molecular weight is 216 g/mol. The number of hydrogen-bond donors (Lipinski definition) is 1. The number of hydrogen-bond acceptors (Lipinski definition) is 3. The predicted molar refractivity (Wildman–Crippen MR) is 60.2 cm³/mol. The van der Waals surface area contributed by atoms with Gasteiger partial charge in [0, 0.05) is 0 Å². The van der Waals surface area contributed by atoms with Crippen molar-refractivity contribution < 1.29 is 0 Å². The highest BCUT2D eigenvalue weighted by Gasteiger charge is 2.14. The Balaban J connectivity index is 2.16. The maximum Gasteiger partial charge on any atom is 0.279 e. The minimum absolute atomic E-state index is 0.0425. The lowest BCUT2D eigenvalue weighted by molar-refractivity contribution is 0.501. The molecule has 0 saturated heterocycles. The first-order valence-electron chi connectivity index (χ1n) is 5.43. The Hall–Kier alpha value is -1.91. The number of aromatic amines is 1. The van der Waals surface area contributed by atoms with E-state index in [0.29, 0.717) is 11.2 Å². The molecule has 1 aliphatic carbocycles. The van der Waals surface area contributed by atoms with Crippen LogP contribution in [0.4, 0.5) is 0 Å². The van der Waals surface area contributed by atoms with Gasteiger partial charge >= 0.3 is 0 Å². The van der Waals surface area contributed by atoms with Crippen molar-refractivity contribution in [2.45, 2.75) is 25.3 Å². The molecule has 3 rings (SSSR count). The number of imidazole rings is 1. The summed E-state index contributed by atoms with van der Waals surface area (Å²) in [5.41, 5.74) is 0.932. The molecule has 2 aromatic heterocycles. The van der Waals surface area contributed by atoms with E-state index >= 15 is 0 Å². The second-order valence-corrected chi connectivity index (χ2v) is 3.98. The molecular formula is C11H12N4O. The molecule has 5 heteroatoms. The average Bonchev–Trinajstić information content (AvgIpc) is 2.80. The van der Waals surface area contributed by atoms with Crippen LogP contribution in [0.25, 0.3) is 11.2 Å². The van der Waals surface area contributed by atoms with Crippen molar-refractivity contribution in [3.63, 3.8) is 0 Å². The van der Waals surface area contributed by atoms with E-state index in [-0.39, 0.29) is 11.6 Å². The van der Waals surface area contributed by atoms with Gasteiger partial charge < -0.3 is 4.98 Å². The summed E-state index contributed by atoms with van der Waals surface area (Å²) in [6, 6.07) is 0.140. The molecule has 1 atom stereocenters. The topological polar surface area (TPSA) is 63.6 Å². The Morgan fingerprint density at radius 2 is 2.38 bits per heavy atom. The third-order valence-corrected chi connectivity index (χ3v) is 2.96. The van der Waals surface area contributed by atoms with Crippen molar-refractivity contribution in [2.24, 2.45) is 0 Å². The molecule has 5 nitrogen and oxygen atoms in total. The fourth-order valence-corrected chi connectivity index (χ4v) is 2.10. The second kappa shape index (κ2) is 3.59. The van der Waals surface area contributed by atoms with E-state index in [4.69, 9.17) is 0 Å². The summed E-state index contributed by atoms with van der Waals surface area (Å²) in [6.07, 6.45) is 10.5. The van der Waals surface area contributed by atoms with Crippen molar-refractivity contribution in [1.82, 2.24) is 19.5 Å². The van der Waals surface area contributed by atoms with E-state index in [1.807, 2.05) is 0 Å². The van der Waals surface area contributed by atoms with Crippen LogP contribution in [0.2, 0.25) is 0 Å². The van der Waals surface area contributed by atoms with Crippen molar-refractivity contribution in [3.8, 4) is 0 Å². The number of H-pyrrole nitrogens is 1. The van der Waals surface area contributed by atoms with E-state index in [2.05, 4.69) is 27.1 Å². The van der Waals surface area contributed by atoms with Crippen LogP contribution < -0.4 is 5.56 Å². The van der Waals surface area contributed by atoms with Crippen molar-refractivity contribution in [2.75, 3.05) is 0 Å². The number of nitrogens with one attached hydrogen (secondary N) is 1. The van der Waals surface area contributed by atoms with Gasteiger partial charge in [-0.3, -0.25) is 9.36 Å². The molecule has 0 amide bonds. The van der Waals surface area contributed by atoms with Crippen LogP contribution in [-0.4, -0.2) is 19.5 Å². The molecule has 1 aliphatic rings. The minimum Gasteiger partial charge on any atom is -0.339 e. The SMILES string of the molecule is O=c1c2[nH]cnc2ncn1C1C=CCCC1. The Labute approximate surface area is 91.8 Å². The number of aromatic nitrogens is 4. The molecule has 1 N–H and O–H groups in total. The van der Waals surface area contributed by atoms with Crippen LogP contribution in [0.1, 0.15) is 25.3 Å². The van der Waals surface area contributed by atoms with Crippen LogP contribution in [0.3, 0.4) is 0 Å². The molecule has 16 heavy (non-hydrogen) atoms. The zero-order chi connectivity index (χ0) is 11.0. The lowest BCUT2D eigenvalue weighted by Crippen LogP contribution is -2.25. The van der Waals surface area contributed by atoms with Crippen LogP contribution in [-0.2, 0) is 0 Å². The summed E-state index contributed by atoms with van der Waals surface area (Å²) in [6.45, 7) is 0. The Morgan fingerprint density at radius 1 is 1.44 bits per heavy atom. The molecule has 0 radical (unpaired) electrons. The Morgan fingerprint density at radius 3 is 3.19 bits per heavy atom. The van der Waals surface area contributed by atoms with E-state index in [0.717, 1.165) is 19.3 Å². The van der Waals surface area contributed by atoms with Gasteiger partial charge in [-0.25, -0.2) is 9.97 Å². The molecule has 2 heterocycles. The van der Waals surface area contributed by atoms with E-state index in [9.17, 15) is 4.79 Å². The molecule has 2 aromatic rings. The van der Waals surface area contributed by atoms with Crippen LogP contribution in [0.15, 0.2) is 29.6 Å². The van der Waals surface area contributed by atoms with E-state index < -0.39 is 0 Å². The van der Waals surface area contributed by atoms with E-state index in [1.165, 1.54) is 6.33 Å². The van der Waals surface area contributed by atoms with Crippen molar-refractivity contribution in [3.05, 3.63) is 35.2 Å². The zero-order valence-corrected chi connectivity index (χ0v) is 8.76. The number of fused-ring (bicyclic) bond motifs is 1. The third-order valence-electron chi connectivity index (χ3n) is 2.96. The lowest BCUT2D eigenvalue weighted by Gasteiger charge is -2.18. The Kier molecular flexibility index (Phi) is 2.09. The van der Waals surface area contributed by atoms with Crippen molar-refractivity contribution >= 4 is 11.2 Å². The third kappa shape index (κ3) is 1.36. The van der Waals surface area contributed by atoms with Crippen LogP contribution >= 0.6 is 0 Å². The van der Waals surface area contributed by atoms with Gasteiger partial charge in [0.1, 0.15) is 6.33 Å². The fraction of sp³-hybridized carbons (Fsp3) is 0.364. The highest BCUT2D eigenvalue weighted by Crippen LogP contribution is 2.20. The molecule has 0 bridgehead atoms. The number of nitrogens with zero attached hydrogens (tertiary/aromatic N) is 3. The standard InChI is InChI=1S/C11H12N4O/c16-11-9-10(13-6-12-9)14-7-15(11)8-4-2-1-3-5-8/h2,4,6-8H,1,3,5H2,(H,12,13). The summed E-state index contributed by atoms with van der Waals surface area (Å²) in [4.78, 5) is 23.1. The van der Waals surface area contributed by atoms with E-state index in [1.54, 1.807) is 10.9 Å². The molecule has 1 unspecified atom stereocenters. The molecule has 0 saturated carbocycles. The summed E-state index contributed by atoms with van der Waals surface area (Å²) < 4.78 is 1.68. The molecule has 82 valence electrons. The molecular weight excluding hydrogens is 204 g/mol. The summed E-state index contributed by atoms with van der Waals surface area (Å²) in [5.74, 6) is 0. The normalized spacial score (nSPS) is 20.4. The molecule has 0 aromatic carbocycles. The van der Waals surface area contributed by atoms with Crippen LogP contribution in [0, 0.1) is 0 Å². The maximum absolute atomic E-state index is 12.1. The van der Waals surface area contributed by atoms with Gasteiger partial charge in [-0.15, -0.1) is 0 Å². The van der Waals surface area contributed by atoms with Gasteiger partial charge in [0.25, 0.3) is 5.56 Å². The first-order chi connectivity index (χ1) is 7.86. The Bertz CT molecular complexity index is 595.